The van der Waals surface area contributed by atoms with Crippen molar-refractivity contribution in [2.75, 3.05) is 52.9 Å². The molecule has 6 nitrogen and oxygen atoms in total. The molecule has 0 radical (unpaired) electrons. The summed E-state index contributed by atoms with van der Waals surface area (Å²) in [6.07, 6.45) is 3.76. The standard InChI is InChI=1S/C15H28O6/c1-3-4-6-18-8-10-20-12-13-21-11-9-19-7-5-14(2)15(16)17/h5H,3-4,6-13H2,1-2H3,(H,16,17)/b14-5-. The molecule has 0 aliphatic carbocycles. The van der Waals surface area contributed by atoms with E-state index in [0.29, 0.717) is 39.6 Å². The van der Waals surface area contributed by atoms with Crippen LogP contribution < -0.4 is 0 Å². The van der Waals surface area contributed by atoms with Crippen molar-refractivity contribution in [3.63, 3.8) is 0 Å². The first-order valence-electron chi connectivity index (χ1n) is 7.39. The highest BCUT2D eigenvalue weighted by atomic mass is 16.6. The van der Waals surface area contributed by atoms with Crippen LogP contribution in [0.5, 0.6) is 0 Å². The van der Waals surface area contributed by atoms with Gasteiger partial charge in [-0.2, -0.15) is 0 Å². The molecular weight excluding hydrogens is 276 g/mol. The van der Waals surface area contributed by atoms with Crippen LogP contribution in [0.25, 0.3) is 0 Å². The van der Waals surface area contributed by atoms with Crippen LogP contribution in [-0.2, 0) is 23.7 Å². The number of hydrogen-bond acceptors (Lipinski definition) is 5. The van der Waals surface area contributed by atoms with Crippen LogP contribution >= 0.6 is 0 Å². The number of unbranched alkanes of at least 4 members (excludes halogenated alkanes) is 1. The molecule has 6 heteroatoms. The minimum atomic E-state index is -0.925. The first-order valence-corrected chi connectivity index (χ1v) is 7.39. The van der Waals surface area contributed by atoms with Crippen LogP contribution in [0.15, 0.2) is 11.6 Å². The van der Waals surface area contributed by atoms with Crippen molar-refractivity contribution < 1.29 is 28.8 Å². The molecule has 0 spiro atoms. The monoisotopic (exact) mass is 304 g/mol. The predicted octanol–water partition coefficient (Wildman–Crippen LogP) is 1.88. The van der Waals surface area contributed by atoms with E-state index in [1.807, 2.05) is 0 Å². The summed E-state index contributed by atoms with van der Waals surface area (Å²) in [5, 5.41) is 8.61. The Balaban J connectivity index is 3.12. The third kappa shape index (κ3) is 15.3. The van der Waals surface area contributed by atoms with Crippen molar-refractivity contribution in [1.82, 2.24) is 0 Å². The Morgan fingerprint density at radius 2 is 1.38 bits per heavy atom. The molecule has 0 rings (SSSR count). The van der Waals surface area contributed by atoms with E-state index in [-0.39, 0.29) is 12.2 Å². The van der Waals surface area contributed by atoms with Crippen LogP contribution in [0, 0.1) is 0 Å². The van der Waals surface area contributed by atoms with Gasteiger partial charge in [0.1, 0.15) is 0 Å². The molecule has 124 valence electrons. The van der Waals surface area contributed by atoms with Gasteiger partial charge >= 0.3 is 5.97 Å². The Morgan fingerprint density at radius 3 is 1.86 bits per heavy atom. The van der Waals surface area contributed by atoms with Crippen LogP contribution in [0.4, 0.5) is 0 Å². The topological polar surface area (TPSA) is 74.2 Å². The second kappa shape index (κ2) is 15.4. The van der Waals surface area contributed by atoms with Gasteiger partial charge in [-0.3, -0.25) is 0 Å². The van der Waals surface area contributed by atoms with Crippen molar-refractivity contribution in [3.05, 3.63) is 11.6 Å². The number of hydrogen-bond donors (Lipinski definition) is 1. The number of carboxylic acid groups (broad SMARTS) is 1. The average molecular weight is 304 g/mol. The third-order valence-corrected chi connectivity index (χ3v) is 2.60. The van der Waals surface area contributed by atoms with Crippen molar-refractivity contribution in [3.8, 4) is 0 Å². The molecule has 1 N–H and O–H groups in total. The highest BCUT2D eigenvalue weighted by Gasteiger charge is 1.97. The lowest BCUT2D eigenvalue weighted by Gasteiger charge is -2.06. The number of rotatable bonds is 15. The van der Waals surface area contributed by atoms with Gasteiger partial charge < -0.3 is 24.1 Å². The van der Waals surface area contributed by atoms with Crippen LogP contribution in [-0.4, -0.2) is 63.9 Å². The fourth-order valence-electron chi connectivity index (χ4n) is 1.26. The van der Waals surface area contributed by atoms with Gasteiger partial charge in [-0.25, -0.2) is 4.79 Å². The molecule has 0 heterocycles. The fraction of sp³-hybridized carbons (Fsp3) is 0.800. The van der Waals surface area contributed by atoms with Gasteiger partial charge in [-0.15, -0.1) is 0 Å². The van der Waals surface area contributed by atoms with Gasteiger partial charge in [0.15, 0.2) is 0 Å². The summed E-state index contributed by atoms with van der Waals surface area (Å²) in [6.45, 7) is 7.91. The predicted molar refractivity (Wildman–Crippen MR) is 79.6 cm³/mol. The summed E-state index contributed by atoms with van der Waals surface area (Å²) in [6, 6.07) is 0. The molecule has 21 heavy (non-hydrogen) atoms. The number of aliphatic carboxylic acids is 1. The minimum Gasteiger partial charge on any atom is -0.478 e. The largest absolute Gasteiger partial charge is 0.478 e. The van der Waals surface area contributed by atoms with Gasteiger partial charge in [-0.1, -0.05) is 13.3 Å². The number of ether oxygens (including phenoxy) is 4. The highest BCUT2D eigenvalue weighted by Crippen LogP contribution is 1.92. The van der Waals surface area contributed by atoms with Crippen molar-refractivity contribution in [2.45, 2.75) is 26.7 Å². The quantitative estimate of drug-likeness (QED) is 0.368. The van der Waals surface area contributed by atoms with E-state index in [1.165, 1.54) is 13.0 Å². The molecule has 0 aromatic heterocycles. The number of carbonyl (C=O) groups is 1. The van der Waals surface area contributed by atoms with E-state index in [9.17, 15) is 4.79 Å². The molecule has 0 unspecified atom stereocenters. The molecule has 0 saturated carbocycles. The van der Waals surface area contributed by atoms with E-state index in [4.69, 9.17) is 24.1 Å². The maximum atomic E-state index is 10.5. The second-order valence-electron chi connectivity index (χ2n) is 4.46. The summed E-state index contributed by atoms with van der Waals surface area (Å²) in [5.74, 6) is -0.925. The van der Waals surface area contributed by atoms with Gasteiger partial charge in [0.05, 0.1) is 46.2 Å². The summed E-state index contributed by atoms with van der Waals surface area (Å²) in [5.41, 5.74) is 0.283. The zero-order valence-corrected chi connectivity index (χ0v) is 13.1. The Morgan fingerprint density at radius 1 is 0.905 bits per heavy atom. The van der Waals surface area contributed by atoms with E-state index in [2.05, 4.69) is 6.92 Å². The Hall–Kier alpha value is -0.950. The lowest BCUT2D eigenvalue weighted by atomic mass is 10.3. The molecule has 0 saturated heterocycles. The van der Waals surface area contributed by atoms with Crippen molar-refractivity contribution in [2.24, 2.45) is 0 Å². The van der Waals surface area contributed by atoms with E-state index < -0.39 is 5.97 Å². The Bertz CT molecular complexity index is 277. The smallest absolute Gasteiger partial charge is 0.331 e. The summed E-state index contributed by atoms with van der Waals surface area (Å²) < 4.78 is 21.2. The molecule has 0 aromatic carbocycles. The fourth-order valence-corrected chi connectivity index (χ4v) is 1.26. The van der Waals surface area contributed by atoms with E-state index in [1.54, 1.807) is 0 Å². The van der Waals surface area contributed by atoms with Crippen molar-refractivity contribution >= 4 is 5.97 Å². The maximum absolute atomic E-state index is 10.5. The zero-order valence-electron chi connectivity index (χ0n) is 13.1. The van der Waals surface area contributed by atoms with Crippen LogP contribution in [0.3, 0.4) is 0 Å². The Labute approximate surface area is 127 Å². The van der Waals surface area contributed by atoms with Crippen molar-refractivity contribution in [1.29, 1.82) is 0 Å². The van der Waals surface area contributed by atoms with Crippen LogP contribution in [0.2, 0.25) is 0 Å². The van der Waals surface area contributed by atoms with E-state index >= 15 is 0 Å². The maximum Gasteiger partial charge on any atom is 0.331 e. The molecule has 0 aliphatic rings. The SMILES string of the molecule is CCCCOCCOCCOCCOC/C=C(/C)C(=O)O. The highest BCUT2D eigenvalue weighted by molar-refractivity contribution is 5.85. The lowest BCUT2D eigenvalue weighted by Crippen LogP contribution is -2.12. The average Bonchev–Trinajstić information content (AvgIpc) is 2.47. The van der Waals surface area contributed by atoms with Gasteiger partial charge in [0.25, 0.3) is 0 Å². The summed E-state index contributed by atoms with van der Waals surface area (Å²) in [7, 11) is 0. The first-order chi connectivity index (χ1) is 10.2. The molecule has 0 amide bonds. The van der Waals surface area contributed by atoms with E-state index in [0.717, 1.165) is 19.4 Å². The van der Waals surface area contributed by atoms with Gasteiger partial charge in [0, 0.05) is 12.2 Å². The lowest BCUT2D eigenvalue weighted by molar-refractivity contribution is -0.132. The summed E-state index contributed by atoms with van der Waals surface area (Å²) in [4.78, 5) is 10.5. The molecule has 0 aliphatic heterocycles. The number of carboxylic acids is 1. The Kier molecular flexibility index (Phi) is 14.7. The minimum absolute atomic E-state index is 0.283. The summed E-state index contributed by atoms with van der Waals surface area (Å²) >= 11 is 0. The second-order valence-corrected chi connectivity index (χ2v) is 4.46. The zero-order chi connectivity index (χ0) is 15.8. The molecular formula is C15H28O6. The van der Waals surface area contributed by atoms with Crippen LogP contribution in [0.1, 0.15) is 26.7 Å². The van der Waals surface area contributed by atoms with Gasteiger partial charge in [-0.05, 0) is 19.4 Å². The normalized spacial score (nSPS) is 11.8. The molecule has 0 aromatic rings. The third-order valence-electron chi connectivity index (χ3n) is 2.60. The van der Waals surface area contributed by atoms with Gasteiger partial charge in [0.2, 0.25) is 0 Å². The molecule has 0 atom stereocenters. The molecule has 0 fully saturated rings. The first kappa shape index (κ1) is 20.1. The molecule has 0 bridgehead atoms.